The Morgan fingerprint density at radius 3 is 2.71 bits per heavy atom. The van der Waals surface area contributed by atoms with Crippen molar-refractivity contribution in [2.45, 2.75) is 23.8 Å². The smallest absolute Gasteiger partial charge is 0.243 e. The number of likely N-dealkylation sites (N-methyl/N-ethyl adjacent to an activating group) is 1. The van der Waals surface area contributed by atoms with Crippen LogP contribution >= 0.6 is 0 Å². The Labute approximate surface area is 103 Å². The van der Waals surface area contributed by atoms with E-state index in [4.69, 9.17) is 0 Å². The predicted molar refractivity (Wildman–Crippen MR) is 67.3 cm³/mol. The van der Waals surface area contributed by atoms with Crippen molar-refractivity contribution in [1.29, 1.82) is 0 Å². The molecule has 4 nitrogen and oxygen atoms in total. The van der Waals surface area contributed by atoms with Crippen LogP contribution in [0.4, 0.5) is 0 Å². The molecule has 0 aromatic heterocycles. The normalized spacial score (nSPS) is 21.8. The molecular formula is C12H18N2O2S. The third-order valence-electron chi connectivity index (χ3n) is 3.11. The second kappa shape index (κ2) is 5.16. The molecule has 1 atom stereocenters. The summed E-state index contributed by atoms with van der Waals surface area (Å²) in [5.74, 6) is 0. The molecule has 0 spiro atoms. The molecule has 1 aromatic rings. The van der Waals surface area contributed by atoms with E-state index in [1.165, 1.54) is 0 Å². The van der Waals surface area contributed by atoms with Gasteiger partial charge < -0.3 is 5.32 Å². The van der Waals surface area contributed by atoms with Crippen LogP contribution in [-0.4, -0.2) is 38.9 Å². The number of hydrogen-bond acceptors (Lipinski definition) is 3. The second-order valence-corrected chi connectivity index (χ2v) is 6.17. The number of nitrogens with zero attached hydrogens (tertiary/aromatic N) is 1. The van der Waals surface area contributed by atoms with E-state index >= 15 is 0 Å². The van der Waals surface area contributed by atoms with E-state index in [0.717, 1.165) is 12.8 Å². The van der Waals surface area contributed by atoms with E-state index in [1.54, 1.807) is 28.6 Å². The molecule has 1 heterocycles. The molecule has 1 saturated heterocycles. The summed E-state index contributed by atoms with van der Waals surface area (Å²) < 4.78 is 26.5. The molecule has 17 heavy (non-hydrogen) atoms. The fourth-order valence-electron chi connectivity index (χ4n) is 2.29. The molecule has 0 amide bonds. The lowest BCUT2D eigenvalue weighted by atomic mass is 10.2. The lowest BCUT2D eigenvalue weighted by Crippen LogP contribution is -2.40. The van der Waals surface area contributed by atoms with Gasteiger partial charge in [0, 0.05) is 19.1 Å². The highest BCUT2D eigenvalue weighted by molar-refractivity contribution is 7.89. The van der Waals surface area contributed by atoms with Crippen molar-refractivity contribution in [2.75, 3.05) is 20.1 Å². The van der Waals surface area contributed by atoms with Gasteiger partial charge in [-0.05, 0) is 32.0 Å². The highest BCUT2D eigenvalue weighted by Gasteiger charge is 2.34. The molecule has 0 aliphatic carbocycles. The Morgan fingerprint density at radius 1 is 1.35 bits per heavy atom. The Kier molecular flexibility index (Phi) is 3.81. The zero-order valence-electron chi connectivity index (χ0n) is 9.96. The monoisotopic (exact) mass is 254 g/mol. The first-order valence-electron chi connectivity index (χ1n) is 5.88. The topological polar surface area (TPSA) is 49.4 Å². The van der Waals surface area contributed by atoms with Crippen molar-refractivity contribution in [3.63, 3.8) is 0 Å². The second-order valence-electron chi connectivity index (χ2n) is 4.28. The molecular weight excluding hydrogens is 236 g/mol. The van der Waals surface area contributed by atoms with Crippen LogP contribution in [0.25, 0.3) is 0 Å². The Hall–Kier alpha value is -0.910. The molecule has 1 N–H and O–H groups in total. The molecule has 1 aliphatic heterocycles. The lowest BCUT2D eigenvalue weighted by Gasteiger charge is -2.23. The molecule has 94 valence electrons. The van der Waals surface area contributed by atoms with Crippen LogP contribution < -0.4 is 5.32 Å². The molecule has 0 bridgehead atoms. The molecule has 2 rings (SSSR count). The van der Waals surface area contributed by atoms with Crippen LogP contribution in [0, 0.1) is 0 Å². The molecule has 1 aliphatic rings. The van der Waals surface area contributed by atoms with Crippen LogP contribution in [0.1, 0.15) is 12.8 Å². The van der Waals surface area contributed by atoms with Crippen LogP contribution in [0.3, 0.4) is 0 Å². The van der Waals surface area contributed by atoms with Gasteiger partial charge in [0.25, 0.3) is 0 Å². The van der Waals surface area contributed by atoms with Crippen LogP contribution in [0.15, 0.2) is 35.2 Å². The first kappa shape index (κ1) is 12.5. The van der Waals surface area contributed by atoms with Crippen molar-refractivity contribution in [1.82, 2.24) is 9.62 Å². The molecule has 0 saturated carbocycles. The van der Waals surface area contributed by atoms with E-state index in [2.05, 4.69) is 5.32 Å². The van der Waals surface area contributed by atoms with E-state index in [9.17, 15) is 8.42 Å². The SMILES string of the molecule is CNC[C@@H]1CCCN1S(=O)(=O)c1ccccc1. The molecule has 1 fully saturated rings. The van der Waals surface area contributed by atoms with Crippen molar-refractivity contribution in [3.8, 4) is 0 Å². The number of sulfonamides is 1. The van der Waals surface area contributed by atoms with Crippen molar-refractivity contribution in [3.05, 3.63) is 30.3 Å². The minimum atomic E-state index is -3.32. The number of hydrogen-bond donors (Lipinski definition) is 1. The predicted octanol–water partition coefficient (Wildman–Crippen LogP) is 1.06. The average Bonchev–Trinajstić information content (AvgIpc) is 2.80. The number of benzene rings is 1. The first-order chi connectivity index (χ1) is 8.16. The maximum atomic E-state index is 12.4. The standard InChI is InChI=1S/C12H18N2O2S/c1-13-10-11-6-5-9-14(11)17(15,16)12-7-3-2-4-8-12/h2-4,7-8,11,13H,5-6,9-10H2,1H3/t11-/m0/s1. The Balaban J connectivity index is 2.27. The van der Waals surface area contributed by atoms with Gasteiger partial charge >= 0.3 is 0 Å². The minimum Gasteiger partial charge on any atom is -0.318 e. The summed E-state index contributed by atoms with van der Waals surface area (Å²) in [5, 5.41) is 3.06. The van der Waals surface area contributed by atoms with Gasteiger partial charge in [-0.1, -0.05) is 18.2 Å². The maximum absolute atomic E-state index is 12.4. The Bertz CT molecular complexity index is 459. The molecule has 5 heteroatoms. The van der Waals surface area contributed by atoms with Crippen molar-refractivity contribution in [2.24, 2.45) is 0 Å². The summed E-state index contributed by atoms with van der Waals surface area (Å²) in [6.07, 6.45) is 1.88. The average molecular weight is 254 g/mol. The van der Waals surface area contributed by atoms with Crippen LogP contribution in [-0.2, 0) is 10.0 Å². The van der Waals surface area contributed by atoms with E-state index in [0.29, 0.717) is 18.0 Å². The van der Waals surface area contributed by atoms with Gasteiger partial charge in [0.1, 0.15) is 0 Å². The van der Waals surface area contributed by atoms with Gasteiger partial charge in [0.15, 0.2) is 0 Å². The number of rotatable bonds is 4. The summed E-state index contributed by atoms with van der Waals surface area (Å²) in [5.41, 5.74) is 0. The van der Waals surface area contributed by atoms with Gasteiger partial charge in [-0.25, -0.2) is 8.42 Å². The lowest BCUT2D eigenvalue weighted by molar-refractivity contribution is 0.379. The van der Waals surface area contributed by atoms with E-state index in [1.807, 2.05) is 13.1 Å². The Morgan fingerprint density at radius 2 is 2.06 bits per heavy atom. The first-order valence-corrected chi connectivity index (χ1v) is 7.32. The quantitative estimate of drug-likeness (QED) is 0.874. The van der Waals surface area contributed by atoms with Crippen LogP contribution in [0.2, 0.25) is 0 Å². The van der Waals surface area contributed by atoms with Crippen molar-refractivity contribution >= 4 is 10.0 Å². The van der Waals surface area contributed by atoms with Crippen molar-refractivity contribution < 1.29 is 8.42 Å². The van der Waals surface area contributed by atoms with Gasteiger partial charge in [0.05, 0.1) is 4.90 Å². The molecule has 1 aromatic carbocycles. The molecule has 0 unspecified atom stereocenters. The summed E-state index contributed by atoms with van der Waals surface area (Å²) in [7, 11) is -1.46. The molecule has 0 radical (unpaired) electrons. The third kappa shape index (κ3) is 2.51. The number of nitrogens with one attached hydrogen (secondary N) is 1. The van der Waals surface area contributed by atoms with E-state index in [-0.39, 0.29) is 6.04 Å². The van der Waals surface area contributed by atoms with Gasteiger partial charge in [0.2, 0.25) is 10.0 Å². The summed E-state index contributed by atoms with van der Waals surface area (Å²) in [6.45, 7) is 1.34. The van der Waals surface area contributed by atoms with Crippen LogP contribution in [0.5, 0.6) is 0 Å². The summed E-state index contributed by atoms with van der Waals surface area (Å²) in [6, 6.07) is 8.75. The zero-order chi connectivity index (χ0) is 12.3. The fraction of sp³-hybridized carbons (Fsp3) is 0.500. The largest absolute Gasteiger partial charge is 0.318 e. The van der Waals surface area contributed by atoms with Gasteiger partial charge in [-0.15, -0.1) is 0 Å². The zero-order valence-corrected chi connectivity index (χ0v) is 10.8. The van der Waals surface area contributed by atoms with E-state index < -0.39 is 10.0 Å². The summed E-state index contributed by atoms with van der Waals surface area (Å²) in [4.78, 5) is 0.392. The fourth-order valence-corrected chi connectivity index (χ4v) is 4.01. The van der Waals surface area contributed by atoms with Gasteiger partial charge in [-0.2, -0.15) is 4.31 Å². The highest BCUT2D eigenvalue weighted by Crippen LogP contribution is 2.25. The van der Waals surface area contributed by atoms with Gasteiger partial charge in [-0.3, -0.25) is 0 Å². The third-order valence-corrected chi connectivity index (χ3v) is 5.08. The summed E-state index contributed by atoms with van der Waals surface area (Å²) >= 11 is 0. The maximum Gasteiger partial charge on any atom is 0.243 e. The highest BCUT2D eigenvalue weighted by atomic mass is 32.2. The minimum absolute atomic E-state index is 0.0882.